The monoisotopic (exact) mass is 424 g/mol. The normalized spacial score (nSPS) is 15.7. The Morgan fingerprint density at radius 2 is 1.62 bits per heavy atom. The van der Waals surface area contributed by atoms with Crippen LogP contribution in [0, 0.1) is 11.3 Å². The minimum Gasteiger partial charge on any atom is -0.457 e. The van der Waals surface area contributed by atoms with Crippen LogP contribution in [0.15, 0.2) is 84.4 Å². The molecule has 0 heterocycles. The highest BCUT2D eigenvalue weighted by Gasteiger charge is 2.18. The van der Waals surface area contributed by atoms with E-state index in [1.807, 2.05) is 60.7 Å². The van der Waals surface area contributed by atoms with Gasteiger partial charge in [0, 0.05) is 5.57 Å². The summed E-state index contributed by atoms with van der Waals surface area (Å²) < 4.78 is 11.8. The molecule has 1 amide bonds. The highest BCUT2D eigenvalue weighted by Crippen LogP contribution is 2.35. The van der Waals surface area contributed by atoms with Crippen molar-refractivity contribution in [2.75, 3.05) is 0 Å². The average molecular weight is 425 g/mol. The Balaban J connectivity index is 1.50. The van der Waals surface area contributed by atoms with Crippen LogP contribution >= 0.6 is 0 Å². The molecule has 0 saturated heterocycles. The van der Waals surface area contributed by atoms with E-state index in [1.165, 1.54) is 0 Å². The summed E-state index contributed by atoms with van der Waals surface area (Å²) in [7, 11) is 0. The van der Waals surface area contributed by atoms with Gasteiger partial charge in [-0.25, -0.2) is 0 Å². The molecule has 0 radical (unpaired) electrons. The molecule has 4 rings (SSSR count). The smallest absolute Gasteiger partial charge is 0.252 e. The van der Waals surface area contributed by atoms with Gasteiger partial charge in [0.2, 0.25) is 0 Å². The molecule has 0 unspecified atom stereocenters. The van der Waals surface area contributed by atoms with Gasteiger partial charge in [0.25, 0.3) is 5.91 Å². The van der Waals surface area contributed by atoms with Gasteiger partial charge in [0.15, 0.2) is 0 Å². The number of amides is 1. The molecule has 0 aliphatic heterocycles. The summed E-state index contributed by atoms with van der Waals surface area (Å²) >= 11 is 0. The van der Waals surface area contributed by atoms with E-state index < -0.39 is 5.91 Å². The Hall–Kier alpha value is -4.04. The zero-order valence-corrected chi connectivity index (χ0v) is 17.7. The van der Waals surface area contributed by atoms with Crippen molar-refractivity contribution in [3.63, 3.8) is 0 Å². The molecule has 3 aromatic carbocycles. The lowest BCUT2D eigenvalue weighted by Gasteiger charge is -2.17. The molecule has 0 aromatic heterocycles. The first-order chi connectivity index (χ1) is 15.6. The van der Waals surface area contributed by atoms with E-state index in [2.05, 4.69) is 6.07 Å². The molecule has 1 aliphatic carbocycles. The zero-order chi connectivity index (χ0) is 22.3. The number of nitriles is 1. The Labute approximate surface area is 187 Å². The maximum atomic E-state index is 12.1. The van der Waals surface area contributed by atoms with E-state index in [9.17, 15) is 4.79 Å². The third kappa shape index (κ3) is 5.16. The summed E-state index contributed by atoms with van der Waals surface area (Å²) in [6.07, 6.45) is 5.50. The molecule has 0 spiro atoms. The van der Waals surface area contributed by atoms with Gasteiger partial charge in [0.1, 0.15) is 23.0 Å². The van der Waals surface area contributed by atoms with Crippen LogP contribution in [0.4, 0.5) is 0 Å². The molecule has 0 saturated carbocycles. The minimum atomic E-state index is -0.534. The first-order valence-electron chi connectivity index (χ1n) is 10.7. The van der Waals surface area contributed by atoms with Crippen molar-refractivity contribution in [1.29, 1.82) is 5.26 Å². The van der Waals surface area contributed by atoms with Crippen LogP contribution in [0.2, 0.25) is 0 Å². The summed E-state index contributed by atoms with van der Waals surface area (Å²) in [6.45, 7) is 0. The number of para-hydroxylation sites is 1. The van der Waals surface area contributed by atoms with Crippen molar-refractivity contribution in [1.82, 2.24) is 0 Å². The molecule has 160 valence electrons. The molecule has 0 bridgehead atoms. The third-order valence-corrected chi connectivity index (χ3v) is 5.56. The van der Waals surface area contributed by atoms with Crippen molar-refractivity contribution in [2.24, 2.45) is 5.73 Å². The van der Waals surface area contributed by atoms with Gasteiger partial charge in [-0.2, -0.15) is 5.26 Å². The number of hydrogen-bond donors (Lipinski definition) is 1. The van der Waals surface area contributed by atoms with Crippen LogP contribution in [0.3, 0.4) is 0 Å². The summed E-state index contributed by atoms with van der Waals surface area (Å²) in [5, 5.41) is 9.15. The fourth-order valence-corrected chi connectivity index (χ4v) is 3.86. The number of nitrogens with zero attached hydrogens (tertiary/aromatic N) is 1. The lowest BCUT2D eigenvalue weighted by molar-refractivity contribution is 0.0998. The quantitative estimate of drug-likeness (QED) is 0.491. The summed E-state index contributed by atoms with van der Waals surface area (Å²) in [6, 6.07) is 24.6. The minimum absolute atomic E-state index is 0.252. The number of hydrogen-bond acceptors (Lipinski definition) is 4. The Morgan fingerprint density at radius 3 is 2.31 bits per heavy atom. The molecule has 32 heavy (non-hydrogen) atoms. The summed E-state index contributed by atoms with van der Waals surface area (Å²) in [5.74, 6) is 2.15. The fraction of sp³-hybridized carbons (Fsp3) is 0.185. The van der Waals surface area contributed by atoms with E-state index in [1.54, 1.807) is 18.2 Å². The Morgan fingerprint density at radius 1 is 0.938 bits per heavy atom. The van der Waals surface area contributed by atoms with Crippen LogP contribution in [-0.2, 0) is 0 Å². The second-order valence-electron chi connectivity index (χ2n) is 7.77. The highest BCUT2D eigenvalue weighted by atomic mass is 16.5. The average Bonchev–Trinajstić information content (AvgIpc) is 3.07. The SMILES string of the molecule is N#CC1=CC[C@H](c2ccc(Oc3ccc(Oc4ccccc4)cc3)c(C(N)=O)c2)CCC1. The van der Waals surface area contributed by atoms with Crippen LogP contribution in [-0.4, -0.2) is 5.91 Å². The van der Waals surface area contributed by atoms with Crippen LogP contribution in [0.1, 0.15) is 47.5 Å². The van der Waals surface area contributed by atoms with Crippen molar-refractivity contribution in [3.05, 3.63) is 95.6 Å². The number of rotatable bonds is 6. The van der Waals surface area contributed by atoms with Crippen LogP contribution in [0.25, 0.3) is 0 Å². The third-order valence-electron chi connectivity index (χ3n) is 5.56. The first kappa shape index (κ1) is 21.2. The molecular formula is C27H24N2O3. The van der Waals surface area contributed by atoms with Gasteiger partial charge < -0.3 is 15.2 Å². The topological polar surface area (TPSA) is 85.3 Å². The van der Waals surface area contributed by atoms with Crippen LogP contribution in [0.5, 0.6) is 23.0 Å². The Bertz CT molecular complexity index is 1160. The van der Waals surface area contributed by atoms with E-state index in [0.29, 0.717) is 22.8 Å². The molecule has 0 fully saturated rings. The molecule has 1 atom stereocenters. The zero-order valence-electron chi connectivity index (χ0n) is 17.7. The van der Waals surface area contributed by atoms with Gasteiger partial charge in [-0.05, 0) is 85.7 Å². The van der Waals surface area contributed by atoms with Gasteiger partial charge >= 0.3 is 0 Å². The largest absolute Gasteiger partial charge is 0.457 e. The van der Waals surface area contributed by atoms with E-state index in [0.717, 1.165) is 42.6 Å². The second-order valence-corrected chi connectivity index (χ2v) is 7.77. The number of carbonyl (C=O) groups is 1. The molecule has 5 heteroatoms. The number of benzene rings is 3. The predicted molar refractivity (Wildman–Crippen MR) is 123 cm³/mol. The van der Waals surface area contributed by atoms with Crippen molar-refractivity contribution in [3.8, 4) is 29.1 Å². The van der Waals surface area contributed by atoms with Gasteiger partial charge in [-0.1, -0.05) is 30.3 Å². The maximum absolute atomic E-state index is 12.1. The summed E-state index contributed by atoms with van der Waals surface area (Å²) in [5.41, 5.74) is 7.88. The number of allylic oxidation sites excluding steroid dienone is 2. The molecule has 1 aliphatic rings. The van der Waals surface area contributed by atoms with Crippen molar-refractivity contribution in [2.45, 2.75) is 31.6 Å². The van der Waals surface area contributed by atoms with E-state index >= 15 is 0 Å². The van der Waals surface area contributed by atoms with Crippen molar-refractivity contribution >= 4 is 5.91 Å². The molecule has 5 nitrogen and oxygen atoms in total. The lowest BCUT2D eigenvalue weighted by atomic mass is 9.91. The molecule has 2 N–H and O–H groups in total. The van der Waals surface area contributed by atoms with Crippen molar-refractivity contribution < 1.29 is 14.3 Å². The van der Waals surface area contributed by atoms with Gasteiger partial charge in [-0.3, -0.25) is 4.79 Å². The number of primary amides is 1. The van der Waals surface area contributed by atoms with Gasteiger partial charge in [-0.15, -0.1) is 0 Å². The van der Waals surface area contributed by atoms with E-state index in [-0.39, 0.29) is 5.92 Å². The maximum Gasteiger partial charge on any atom is 0.252 e. The Kier molecular flexibility index (Phi) is 6.52. The van der Waals surface area contributed by atoms with Crippen LogP contribution < -0.4 is 15.2 Å². The summed E-state index contributed by atoms with van der Waals surface area (Å²) in [4.78, 5) is 12.1. The van der Waals surface area contributed by atoms with E-state index in [4.69, 9.17) is 20.5 Å². The fourth-order valence-electron chi connectivity index (χ4n) is 3.86. The first-order valence-corrected chi connectivity index (χ1v) is 10.7. The van der Waals surface area contributed by atoms with Gasteiger partial charge in [0.05, 0.1) is 11.6 Å². The highest BCUT2D eigenvalue weighted by molar-refractivity contribution is 5.96. The molecule has 3 aromatic rings. The molecular weight excluding hydrogens is 400 g/mol. The second kappa shape index (κ2) is 9.84. The number of ether oxygens (including phenoxy) is 2. The predicted octanol–water partition coefficient (Wildman–Crippen LogP) is 6.48. The lowest BCUT2D eigenvalue weighted by Crippen LogP contribution is -2.13. The number of carbonyl (C=O) groups excluding carboxylic acids is 1. The number of nitrogens with two attached hydrogens (primary N) is 1. The standard InChI is InChI=1S/C27H24N2O3/c28-18-19-5-4-6-20(10-9-19)21-11-16-26(25(17-21)27(29)30)32-24-14-12-23(13-15-24)31-22-7-2-1-3-8-22/h1-3,7-9,11-17,20H,4-6,10H2,(H2,29,30)/t20-/m1/s1.